The molecule has 4 nitrogen and oxygen atoms in total. The number of benzene rings is 1. The van der Waals surface area contributed by atoms with Gasteiger partial charge in [-0.05, 0) is 45.2 Å². The Morgan fingerprint density at radius 3 is 1.31 bits per heavy atom. The second-order valence-electron chi connectivity index (χ2n) is 2.62. The highest BCUT2D eigenvalue weighted by Crippen LogP contribution is 2.36. The second-order valence-corrected chi connectivity index (χ2v) is 5.53. The lowest BCUT2D eigenvalue weighted by Gasteiger charge is -2.10. The molecule has 0 atom stereocenters. The van der Waals surface area contributed by atoms with E-state index >= 15 is 0 Å². The van der Waals surface area contributed by atoms with E-state index in [2.05, 4.69) is 0 Å². The molecule has 0 unspecified atom stereocenters. The van der Waals surface area contributed by atoms with E-state index in [4.69, 9.17) is 33.4 Å². The van der Waals surface area contributed by atoms with Gasteiger partial charge in [-0.1, -0.05) is 23.2 Å². The number of rotatable bonds is 2. The summed E-state index contributed by atoms with van der Waals surface area (Å²) in [6.45, 7) is 0. The molecule has 86 valence electrons. The van der Waals surface area contributed by atoms with Crippen molar-refractivity contribution >= 4 is 80.3 Å². The van der Waals surface area contributed by atoms with Crippen molar-refractivity contribution in [2.45, 2.75) is 0 Å². The Morgan fingerprint density at radius 1 is 0.875 bits per heavy atom. The Morgan fingerprint density at radius 2 is 1.12 bits per heavy atom. The highest BCUT2D eigenvalue weighted by molar-refractivity contribution is 14.1. The number of carbonyl (C=O) groups is 2. The molecule has 8 heteroatoms. The highest BCUT2D eigenvalue weighted by Gasteiger charge is 2.27. The smallest absolute Gasteiger partial charge is 0.338 e. The maximum atomic E-state index is 11.0. The van der Waals surface area contributed by atoms with Crippen molar-refractivity contribution in [3.8, 4) is 0 Å². The van der Waals surface area contributed by atoms with Crippen LogP contribution in [0.3, 0.4) is 0 Å². The minimum absolute atomic E-state index is 0.112. The summed E-state index contributed by atoms with van der Waals surface area (Å²) < 4.78 is 0.847. The summed E-state index contributed by atoms with van der Waals surface area (Å²) in [6.07, 6.45) is 0. The number of carboxylic acid groups (broad SMARTS) is 2. The molecular weight excluding hydrogens is 485 g/mol. The van der Waals surface area contributed by atoms with Crippen LogP contribution in [0.2, 0.25) is 10.0 Å². The minimum atomic E-state index is -1.42. The summed E-state index contributed by atoms with van der Waals surface area (Å²) in [7, 11) is 0. The fourth-order valence-corrected chi connectivity index (χ4v) is 2.97. The quantitative estimate of drug-likeness (QED) is 0.380. The van der Waals surface area contributed by atoms with Crippen molar-refractivity contribution in [3.63, 3.8) is 0 Å². The van der Waals surface area contributed by atoms with Gasteiger partial charge in [-0.15, -0.1) is 0 Å². The van der Waals surface area contributed by atoms with Gasteiger partial charge in [0.2, 0.25) is 0 Å². The van der Waals surface area contributed by atoms with Gasteiger partial charge in [-0.25, -0.2) is 9.59 Å². The van der Waals surface area contributed by atoms with E-state index in [0.717, 1.165) is 0 Å². The monoisotopic (exact) mass is 486 g/mol. The summed E-state index contributed by atoms with van der Waals surface area (Å²) in [5.41, 5.74) is -0.965. The number of hydrogen-bond acceptors (Lipinski definition) is 2. The Bertz CT molecular complexity index is 457. The van der Waals surface area contributed by atoms with Crippen LogP contribution in [0.25, 0.3) is 0 Å². The average molecular weight is 487 g/mol. The van der Waals surface area contributed by atoms with Crippen LogP contribution < -0.4 is 0 Å². The topological polar surface area (TPSA) is 74.6 Å². The van der Waals surface area contributed by atoms with Crippen LogP contribution >= 0.6 is 68.4 Å². The van der Waals surface area contributed by atoms with Gasteiger partial charge in [-0.3, -0.25) is 0 Å². The largest absolute Gasteiger partial charge is 0.478 e. The zero-order valence-electron chi connectivity index (χ0n) is 7.22. The molecule has 0 heterocycles. The molecule has 0 radical (unpaired) electrons. The number of carboxylic acids is 2. The van der Waals surface area contributed by atoms with Crippen molar-refractivity contribution < 1.29 is 19.8 Å². The number of halogens is 4. The van der Waals surface area contributed by atoms with E-state index < -0.39 is 23.1 Å². The lowest BCUT2D eigenvalue weighted by molar-refractivity contribution is 0.0651. The summed E-state index contributed by atoms with van der Waals surface area (Å²) in [4.78, 5) is 21.9. The van der Waals surface area contributed by atoms with Crippen LogP contribution in [0, 0.1) is 7.14 Å². The fraction of sp³-hybridized carbons (Fsp3) is 0. The maximum Gasteiger partial charge on any atom is 0.338 e. The van der Waals surface area contributed by atoms with Gasteiger partial charge in [0, 0.05) is 7.14 Å². The van der Waals surface area contributed by atoms with Crippen LogP contribution in [-0.4, -0.2) is 22.2 Å². The summed E-state index contributed by atoms with van der Waals surface area (Å²) in [6, 6.07) is 0. The van der Waals surface area contributed by atoms with Crippen molar-refractivity contribution in [1.29, 1.82) is 0 Å². The van der Waals surface area contributed by atoms with Gasteiger partial charge in [0.1, 0.15) is 0 Å². The molecule has 1 aromatic rings. The van der Waals surface area contributed by atoms with Crippen LogP contribution in [0.15, 0.2) is 0 Å². The van der Waals surface area contributed by atoms with Gasteiger partial charge >= 0.3 is 11.9 Å². The molecule has 0 aliphatic heterocycles. The molecule has 0 aliphatic carbocycles. The van der Waals surface area contributed by atoms with E-state index in [1.54, 1.807) is 0 Å². The molecule has 0 bridgehead atoms. The normalized spacial score (nSPS) is 10.2. The molecule has 0 fully saturated rings. The van der Waals surface area contributed by atoms with Crippen LogP contribution in [-0.2, 0) is 0 Å². The third kappa shape index (κ3) is 2.39. The molecule has 0 aromatic heterocycles. The molecule has 2 N–H and O–H groups in total. The Kier molecular flexibility index (Phi) is 4.66. The predicted molar refractivity (Wildman–Crippen MR) is 75.8 cm³/mol. The SMILES string of the molecule is O=C(O)c1c(Cl)c(I)c(I)c(Cl)c1C(=O)O. The first kappa shape index (κ1) is 14.3. The molecule has 0 spiro atoms. The Labute approximate surface area is 127 Å². The van der Waals surface area contributed by atoms with E-state index in [1.807, 2.05) is 45.2 Å². The Hall–Kier alpha value is 0.200. The summed E-state index contributed by atoms with van der Waals surface area (Å²) in [5.74, 6) is -2.84. The van der Waals surface area contributed by atoms with Crippen LogP contribution in [0.4, 0.5) is 0 Å². The van der Waals surface area contributed by atoms with Crippen molar-refractivity contribution in [3.05, 3.63) is 28.3 Å². The Balaban J connectivity index is 3.83. The van der Waals surface area contributed by atoms with Crippen LogP contribution in [0.1, 0.15) is 20.7 Å². The van der Waals surface area contributed by atoms with Crippen LogP contribution in [0.5, 0.6) is 0 Å². The first-order chi connectivity index (χ1) is 7.29. The second kappa shape index (κ2) is 5.23. The van der Waals surface area contributed by atoms with E-state index in [-0.39, 0.29) is 10.0 Å². The molecule has 0 amide bonds. The molecule has 1 aromatic carbocycles. The summed E-state index contributed by atoms with van der Waals surface area (Å²) >= 11 is 15.2. The van der Waals surface area contributed by atoms with Gasteiger partial charge in [0.25, 0.3) is 0 Å². The molecule has 0 saturated heterocycles. The lowest BCUT2D eigenvalue weighted by Crippen LogP contribution is -2.12. The first-order valence-electron chi connectivity index (χ1n) is 3.61. The predicted octanol–water partition coefficient (Wildman–Crippen LogP) is 3.60. The van der Waals surface area contributed by atoms with Gasteiger partial charge in [0.15, 0.2) is 0 Å². The van der Waals surface area contributed by atoms with E-state index in [0.29, 0.717) is 7.14 Å². The van der Waals surface area contributed by atoms with Crippen molar-refractivity contribution in [2.75, 3.05) is 0 Å². The van der Waals surface area contributed by atoms with Crippen molar-refractivity contribution in [2.24, 2.45) is 0 Å². The number of aromatic carboxylic acids is 2. The molecular formula is C8H2Cl2I2O4. The maximum absolute atomic E-state index is 11.0. The molecule has 16 heavy (non-hydrogen) atoms. The van der Waals surface area contributed by atoms with Crippen molar-refractivity contribution in [1.82, 2.24) is 0 Å². The zero-order chi connectivity index (χ0) is 12.6. The first-order valence-corrected chi connectivity index (χ1v) is 6.52. The van der Waals surface area contributed by atoms with Gasteiger partial charge < -0.3 is 10.2 Å². The highest BCUT2D eigenvalue weighted by atomic mass is 127. The summed E-state index contributed by atoms with van der Waals surface area (Å²) in [5, 5.41) is 17.6. The molecule has 0 aliphatic rings. The number of hydrogen-bond donors (Lipinski definition) is 2. The fourth-order valence-electron chi connectivity index (χ4n) is 1.03. The van der Waals surface area contributed by atoms with E-state index in [1.165, 1.54) is 0 Å². The van der Waals surface area contributed by atoms with Gasteiger partial charge in [-0.2, -0.15) is 0 Å². The van der Waals surface area contributed by atoms with Gasteiger partial charge in [0.05, 0.1) is 21.2 Å². The molecule has 0 saturated carbocycles. The molecule has 1 rings (SSSR count). The third-order valence-electron chi connectivity index (χ3n) is 1.69. The zero-order valence-corrected chi connectivity index (χ0v) is 13.0. The minimum Gasteiger partial charge on any atom is -0.478 e. The lowest BCUT2D eigenvalue weighted by atomic mass is 10.1. The van der Waals surface area contributed by atoms with E-state index in [9.17, 15) is 9.59 Å². The standard InChI is InChI=1S/C8H2Cl2I2O4/c9-3-1(7(13)14)2(8(15)16)4(10)6(12)5(3)11/h(H,13,14)(H,15,16). The third-order valence-corrected chi connectivity index (χ3v) is 6.28. The average Bonchev–Trinajstić information content (AvgIpc) is 2.18.